The van der Waals surface area contributed by atoms with E-state index in [9.17, 15) is 4.39 Å². The Morgan fingerprint density at radius 3 is 2.44 bits per heavy atom. The third-order valence-corrected chi connectivity index (χ3v) is 5.82. The number of nitrogens with zero attached hydrogens (tertiary/aromatic N) is 3. The molecule has 2 aromatic rings. The van der Waals surface area contributed by atoms with Crippen LogP contribution in [-0.2, 0) is 0 Å². The summed E-state index contributed by atoms with van der Waals surface area (Å²) in [4.78, 5) is 7.91. The van der Waals surface area contributed by atoms with E-state index < -0.39 is 5.95 Å². The van der Waals surface area contributed by atoms with Gasteiger partial charge in [0.2, 0.25) is 5.95 Å². The second-order valence-corrected chi connectivity index (χ2v) is 7.70. The molecule has 3 nitrogen and oxygen atoms in total. The van der Waals surface area contributed by atoms with Gasteiger partial charge in [-0.15, -0.1) is 0 Å². The van der Waals surface area contributed by atoms with Crippen LogP contribution in [0.2, 0.25) is 0 Å². The molecule has 0 saturated heterocycles. The van der Waals surface area contributed by atoms with Crippen LogP contribution in [0.4, 0.5) is 4.39 Å². The van der Waals surface area contributed by atoms with E-state index in [1.54, 1.807) is 6.07 Å². The number of rotatable bonds is 7. The fraction of sp³-hybridized carbons (Fsp3) is 0.522. The summed E-state index contributed by atoms with van der Waals surface area (Å²) in [5.41, 5.74) is 2.02. The summed E-state index contributed by atoms with van der Waals surface area (Å²) in [5, 5.41) is 8.78. The Kier molecular flexibility index (Phi) is 6.92. The number of halogens is 1. The summed E-state index contributed by atoms with van der Waals surface area (Å²) in [6.45, 7) is 2.26. The summed E-state index contributed by atoms with van der Waals surface area (Å²) < 4.78 is 13.7. The van der Waals surface area contributed by atoms with Crippen LogP contribution < -0.4 is 0 Å². The Morgan fingerprint density at radius 1 is 1.07 bits per heavy atom. The molecule has 1 aromatic carbocycles. The largest absolute Gasteiger partial charge is 0.235 e. The Labute approximate surface area is 161 Å². The molecule has 1 aliphatic carbocycles. The van der Waals surface area contributed by atoms with Crippen LogP contribution in [0.25, 0.3) is 11.4 Å². The van der Waals surface area contributed by atoms with Crippen molar-refractivity contribution >= 4 is 0 Å². The third kappa shape index (κ3) is 5.13. The summed E-state index contributed by atoms with van der Waals surface area (Å²) in [6, 6.07) is 9.93. The molecule has 0 atom stereocenters. The Bertz CT molecular complexity index is 771. The second kappa shape index (κ2) is 9.60. The SMILES string of the molecule is CCCCCCC1CCC(c2ccc(-c3ncc(C#N)c(F)n3)cc2)CC1. The van der Waals surface area contributed by atoms with Crippen LogP contribution in [0.1, 0.15) is 81.8 Å². The van der Waals surface area contributed by atoms with E-state index in [2.05, 4.69) is 29.0 Å². The van der Waals surface area contributed by atoms with Crippen LogP contribution in [0.5, 0.6) is 0 Å². The lowest BCUT2D eigenvalue weighted by atomic mass is 9.77. The van der Waals surface area contributed by atoms with Gasteiger partial charge in [-0.3, -0.25) is 0 Å². The van der Waals surface area contributed by atoms with Gasteiger partial charge in [-0.1, -0.05) is 63.3 Å². The number of hydrogen-bond acceptors (Lipinski definition) is 3. The molecule has 1 fully saturated rings. The molecule has 0 amide bonds. The van der Waals surface area contributed by atoms with Crippen molar-refractivity contribution in [1.29, 1.82) is 5.26 Å². The van der Waals surface area contributed by atoms with Crippen LogP contribution in [0.3, 0.4) is 0 Å². The molecule has 3 rings (SSSR count). The first-order valence-electron chi connectivity index (χ1n) is 10.2. The van der Waals surface area contributed by atoms with E-state index in [1.165, 1.54) is 69.5 Å². The molecule has 0 N–H and O–H groups in total. The van der Waals surface area contributed by atoms with E-state index in [-0.39, 0.29) is 5.56 Å². The van der Waals surface area contributed by atoms with E-state index in [0.29, 0.717) is 11.7 Å². The zero-order valence-corrected chi connectivity index (χ0v) is 16.1. The minimum absolute atomic E-state index is 0.123. The van der Waals surface area contributed by atoms with Crippen molar-refractivity contribution < 1.29 is 4.39 Å². The van der Waals surface area contributed by atoms with Gasteiger partial charge in [0.05, 0.1) is 6.20 Å². The second-order valence-electron chi connectivity index (χ2n) is 7.70. The molecule has 1 saturated carbocycles. The Hall–Kier alpha value is -2.28. The molecule has 4 heteroatoms. The average molecular weight is 365 g/mol. The molecule has 27 heavy (non-hydrogen) atoms. The number of aromatic nitrogens is 2. The van der Waals surface area contributed by atoms with Gasteiger partial charge in [-0.25, -0.2) is 4.98 Å². The van der Waals surface area contributed by atoms with Crippen molar-refractivity contribution in [3.63, 3.8) is 0 Å². The highest BCUT2D eigenvalue weighted by Crippen LogP contribution is 2.38. The van der Waals surface area contributed by atoms with E-state index in [0.717, 1.165) is 11.5 Å². The lowest BCUT2D eigenvalue weighted by Crippen LogP contribution is -2.13. The quantitative estimate of drug-likeness (QED) is 0.421. The fourth-order valence-corrected chi connectivity index (χ4v) is 4.12. The summed E-state index contributed by atoms with van der Waals surface area (Å²) in [5.74, 6) is 1.11. The van der Waals surface area contributed by atoms with Gasteiger partial charge >= 0.3 is 0 Å². The minimum Gasteiger partial charge on any atom is -0.235 e. The van der Waals surface area contributed by atoms with Gasteiger partial charge in [-0.05, 0) is 43.1 Å². The molecule has 0 bridgehead atoms. The molecular formula is C23H28FN3. The number of benzene rings is 1. The molecule has 1 aromatic heterocycles. The van der Waals surface area contributed by atoms with Crippen LogP contribution in [0, 0.1) is 23.2 Å². The molecule has 0 radical (unpaired) electrons. The standard InChI is InChI=1S/C23H28FN3/c1-2-3-4-5-6-17-7-9-18(10-8-17)19-11-13-20(14-12-19)23-26-16-21(15-25)22(24)27-23/h11-14,16-18H,2-10H2,1H3. The molecule has 1 aliphatic rings. The molecule has 0 spiro atoms. The van der Waals surface area contributed by atoms with Crippen molar-refractivity contribution in [2.24, 2.45) is 5.92 Å². The Balaban J connectivity index is 1.55. The number of unbranched alkanes of at least 4 members (excludes halogenated alkanes) is 3. The summed E-state index contributed by atoms with van der Waals surface area (Å²) in [6.07, 6.45) is 13.3. The van der Waals surface area contributed by atoms with Gasteiger partial charge in [0.1, 0.15) is 11.6 Å². The first-order chi connectivity index (χ1) is 13.2. The zero-order chi connectivity index (χ0) is 19.1. The third-order valence-electron chi connectivity index (χ3n) is 5.82. The van der Waals surface area contributed by atoms with Gasteiger partial charge in [-0.2, -0.15) is 14.6 Å². The molecule has 142 valence electrons. The van der Waals surface area contributed by atoms with Gasteiger partial charge in [0.25, 0.3) is 0 Å². The maximum atomic E-state index is 13.7. The van der Waals surface area contributed by atoms with Crippen molar-refractivity contribution in [1.82, 2.24) is 9.97 Å². The van der Waals surface area contributed by atoms with E-state index in [4.69, 9.17) is 5.26 Å². The van der Waals surface area contributed by atoms with Crippen LogP contribution in [-0.4, -0.2) is 9.97 Å². The first kappa shape index (κ1) is 19.5. The van der Waals surface area contributed by atoms with E-state index >= 15 is 0 Å². The zero-order valence-electron chi connectivity index (χ0n) is 16.1. The number of hydrogen-bond donors (Lipinski definition) is 0. The smallest absolute Gasteiger partial charge is 0.234 e. The molecule has 0 unspecified atom stereocenters. The monoisotopic (exact) mass is 365 g/mol. The van der Waals surface area contributed by atoms with Gasteiger partial charge < -0.3 is 0 Å². The normalized spacial score (nSPS) is 19.6. The van der Waals surface area contributed by atoms with Gasteiger partial charge in [0, 0.05) is 5.56 Å². The van der Waals surface area contributed by atoms with Crippen molar-refractivity contribution in [3.05, 3.63) is 47.5 Å². The number of nitriles is 1. The molecule has 0 aliphatic heterocycles. The highest BCUT2D eigenvalue weighted by atomic mass is 19.1. The first-order valence-corrected chi connectivity index (χ1v) is 10.2. The highest BCUT2D eigenvalue weighted by molar-refractivity contribution is 5.55. The maximum absolute atomic E-state index is 13.7. The predicted octanol–water partition coefficient (Wildman–Crippen LogP) is 6.40. The van der Waals surface area contributed by atoms with Crippen molar-refractivity contribution in [2.75, 3.05) is 0 Å². The maximum Gasteiger partial charge on any atom is 0.234 e. The van der Waals surface area contributed by atoms with Gasteiger partial charge in [0.15, 0.2) is 5.82 Å². The molecular weight excluding hydrogens is 337 g/mol. The molecule has 1 heterocycles. The van der Waals surface area contributed by atoms with Crippen LogP contribution in [0.15, 0.2) is 30.5 Å². The van der Waals surface area contributed by atoms with Crippen molar-refractivity contribution in [3.8, 4) is 17.5 Å². The summed E-state index contributed by atoms with van der Waals surface area (Å²) in [7, 11) is 0. The lowest BCUT2D eigenvalue weighted by Gasteiger charge is -2.29. The fourth-order valence-electron chi connectivity index (χ4n) is 4.12. The van der Waals surface area contributed by atoms with E-state index in [1.807, 2.05) is 12.1 Å². The van der Waals surface area contributed by atoms with Crippen LogP contribution >= 0.6 is 0 Å². The Morgan fingerprint density at radius 2 is 1.81 bits per heavy atom. The van der Waals surface area contributed by atoms with Crippen molar-refractivity contribution in [2.45, 2.75) is 70.6 Å². The summed E-state index contributed by atoms with van der Waals surface area (Å²) >= 11 is 0. The predicted molar refractivity (Wildman–Crippen MR) is 106 cm³/mol. The average Bonchev–Trinajstić information content (AvgIpc) is 2.72. The topological polar surface area (TPSA) is 49.6 Å². The highest BCUT2D eigenvalue weighted by Gasteiger charge is 2.22. The minimum atomic E-state index is -0.760. The lowest BCUT2D eigenvalue weighted by molar-refractivity contribution is 0.302.